The first-order valence-corrected chi connectivity index (χ1v) is 6.09. The maximum absolute atomic E-state index is 11.8. The minimum Gasteiger partial charge on any atom is -0.504 e. The number of phenols is 3. The van der Waals surface area contributed by atoms with Crippen molar-refractivity contribution < 1.29 is 20.1 Å². The van der Waals surface area contributed by atoms with Crippen molar-refractivity contribution in [3.63, 3.8) is 0 Å². The number of hydrogen-bond acceptors (Lipinski definition) is 5. The van der Waals surface area contributed by atoms with E-state index in [1.54, 1.807) is 18.9 Å². The summed E-state index contributed by atoms with van der Waals surface area (Å²) in [6.45, 7) is 4.44. The molecule has 0 radical (unpaired) electrons. The maximum atomic E-state index is 11.8. The molecule has 0 aliphatic carbocycles. The monoisotopic (exact) mass is 268 g/mol. The van der Waals surface area contributed by atoms with Gasteiger partial charge in [0.05, 0.1) is 6.04 Å². The standard InChI is InChI=1S/C13H20N2O4/c1-4-15(3)13(19)8(2)14-7-9-5-6-10(16)12(18)11(9)17/h5-6,8,14,16-18H,4,7H2,1-3H3. The van der Waals surface area contributed by atoms with E-state index in [4.69, 9.17) is 0 Å². The fraction of sp³-hybridized carbons (Fsp3) is 0.462. The Hall–Kier alpha value is -1.95. The molecular weight excluding hydrogens is 248 g/mol. The number of likely N-dealkylation sites (N-methyl/N-ethyl adjacent to an activating group) is 1. The predicted molar refractivity (Wildman–Crippen MR) is 71.0 cm³/mol. The van der Waals surface area contributed by atoms with Crippen molar-refractivity contribution in [2.45, 2.75) is 26.4 Å². The van der Waals surface area contributed by atoms with Crippen molar-refractivity contribution in [1.29, 1.82) is 0 Å². The van der Waals surface area contributed by atoms with Crippen molar-refractivity contribution in [2.24, 2.45) is 0 Å². The van der Waals surface area contributed by atoms with Gasteiger partial charge in [0.15, 0.2) is 11.5 Å². The number of nitrogens with one attached hydrogen (secondary N) is 1. The number of phenolic OH excluding ortho intramolecular Hbond substituents is 3. The lowest BCUT2D eigenvalue weighted by molar-refractivity contribution is -0.131. The minimum absolute atomic E-state index is 0.0509. The Kier molecular flexibility index (Phi) is 5.00. The summed E-state index contributed by atoms with van der Waals surface area (Å²) in [6.07, 6.45) is 0. The molecule has 0 bridgehead atoms. The zero-order valence-corrected chi connectivity index (χ0v) is 11.3. The Morgan fingerprint density at radius 1 is 1.32 bits per heavy atom. The van der Waals surface area contributed by atoms with E-state index in [0.717, 1.165) is 0 Å². The molecule has 0 aliphatic heterocycles. The molecule has 1 unspecified atom stereocenters. The lowest BCUT2D eigenvalue weighted by atomic mass is 10.1. The van der Waals surface area contributed by atoms with Gasteiger partial charge in [-0.2, -0.15) is 0 Å². The van der Waals surface area contributed by atoms with E-state index in [9.17, 15) is 20.1 Å². The highest BCUT2D eigenvalue weighted by atomic mass is 16.3. The first-order chi connectivity index (χ1) is 8.88. The lowest BCUT2D eigenvalue weighted by Gasteiger charge is -2.20. The second-order valence-electron chi connectivity index (χ2n) is 4.40. The summed E-state index contributed by atoms with van der Waals surface area (Å²) in [4.78, 5) is 13.4. The predicted octanol–water partition coefficient (Wildman–Crippen LogP) is 0.760. The smallest absolute Gasteiger partial charge is 0.239 e. The van der Waals surface area contributed by atoms with Crippen molar-refractivity contribution >= 4 is 5.91 Å². The van der Waals surface area contributed by atoms with Crippen LogP contribution in [-0.4, -0.2) is 45.8 Å². The van der Waals surface area contributed by atoms with Gasteiger partial charge in [0.2, 0.25) is 11.7 Å². The SMILES string of the molecule is CCN(C)C(=O)C(C)NCc1ccc(O)c(O)c1O. The van der Waals surface area contributed by atoms with Crippen molar-refractivity contribution in [1.82, 2.24) is 10.2 Å². The van der Waals surface area contributed by atoms with Crippen LogP contribution in [0.2, 0.25) is 0 Å². The summed E-state index contributed by atoms with van der Waals surface area (Å²) >= 11 is 0. The summed E-state index contributed by atoms with van der Waals surface area (Å²) in [5, 5.41) is 31.2. The van der Waals surface area contributed by atoms with Crippen LogP contribution >= 0.6 is 0 Å². The zero-order valence-electron chi connectivity index (χ0n) is 11.3. The van der Waals surface area contributed by atoms with E-state index in [0.29, 0.717) is 12.1 Å². The van der Waals surface area contributed by atoms with Crippen molar-refractivity contribution in [2.75, 3.05) is 13.6 Å². The molecule has 0 aliphatic rings. The zero-order chi connectivity index (χ0) is 14.6. The van der Waals surface area contributed by atoms with E-state index in [1.807, 2.05) is 6.92 Å². The molecule has 0 heterocycles. The third-order valence-corrected chi connectivity index (χ3v) is 3.03. The number of aromatic hydroxyl groups is 3. The van der Waals surface area contributed by atoms with Crippen LogP contribution in [0.15, 0.2) is 12.1 Å². The molecule has 1 atom stereocenters. The average Bonchev–Trinajstić information content (AvgIpc) is 2.41. The molecule has 1 amide bonds. The number of rotatable bonds is 5. The molecule has 4 N–H and O–H groups in total. The van der Waals surface area contributed by atoms with Crippen LogP contribution in [0.4, 0.5) is 0 Å². The van der Waals surface area contributed by atoms with Crippen LogP contribution < -0.4 is 5.32 Å². The van der Waals surface area contributed by atoms with Gasteiger partial charge in [0, 0.05) is 25.7 Å². The molecule has 6 heteroatoms. The van der Waals surface area contributed by atoms with Crippen LogP contribution in [0, 0.1) is 0 Å². The van der Waals surface area contributed by atoms with Gasteiger partial charge in [-0.1, -0.05) is 6.07 Å². The third kappa shape index (κ3) is 3.51. The maximum Gasteiger partial charge on any atom is 0.239 e. The molecule has 1 aromatic carbocycles. The molecule has 0 aromatic heterocycles. The first kappa shape index (κ1) is 15.1. The highest BCUT2D eigenvalue weighted by Crippen LogP contribution is 2.36. The molecule has 0 spiro atoms. The number of carbonyl (C=O) groups is 1. The molecule has 1 rings (SSSR count). The number of nitrogens with zero attached hydrogens (tertiary/aromatic N) is 1. The highest BCUT2D eigenvalue weighted by Gasteiger charge is 2.17. The third-order valence-electron chi connectivity index (χ3n) is 3.03. The van der Waals surface area contributed by atoms with Crippen molar-refractivity contribution in [3.8, 4) is 17.2 Å². The average molecular weight is 268 g/mol. The second-order valence-corrected chi connectivity index (χ2v) is 4.40. The van der Waals surface area contributed by atoms with Gasteiger partial charge < -0.3 is 25.5 Å². The molecule has 0 saturated carbocycles. The van der Waals surface area contributed by atoms with Gasteiger partial charge in [-0.25, -0.2) is 0 Å². The van der Waals surface area contributed by atoms with Crippen LogP contribution in [-0.2, 0) is 11.3 Å². The molecular formula is C13H20N2O4. The molecule has 0 fully saturated rings. The summed E-state index contributed by atoms with van der Waals surface area (Å²) in [5.74, 6) is -1.36. The number of benzene rings is 1. The Morgan fingerprint density at radius 2 is 1.95 bits per heavy atom. The number of carbonyl (C=O) groups excluding carboxylic acids is 1. The molecule has 6 nitrogen and oxygen atoms in total. The van der Waals surface area contributed by atoms with E-state index in [1.165, 1.54) is 12.1 Å². The number of hydrogen-bond donors (Lipinski definition) is 4. The normalized spacial score (nSPS) is 12.2. The van der Waals surface area contributed by atoms with Crippen molar-refractivity contribution in [3.05, 3.63) is 17.7 Å². The van der Waals surface area contributed by atoms with Gasteiger partial charge >= 0.3 is 0 Å². The Labute approximate surface area is 112 Å². The second kappa shape index (κ2) is 6.29. The van der Waals surface area contributed by atoms with E-state index in [2.05, 4.69) is 5.32 Å². The van der Waals surface area contributed by atoms with Gasteiger partial charge in [-0.3, -0.25) is 4.79 Å². The van der Waals surface area contributed by atoms with Crippen LogP contribution in [0.5, 0.6) is 17.2 Å². The fourth-order valence-corrected chi connectivity index (χ4v) is 1.59. The minimum atomic E-state index is -0.552. The Balaban J connectivity index is 2.67. The van der Waals surface area contributed by atoms with E-state index in [-0.39, 0.29) is 24.0 Å². The summed E-state index contributed by atoms with van der Waals surface area (Å²) in [5.41, 5.74) is 0.411. The quantitative estimate of drug-likeness (QED) is 0.592. The molecule has 1 aromatic rings. The van der Waals surface area contributed by atoms with E-state index < -0.39 is 11.8 Å². The van der Waals surface area contributed by atoms with Crippen LogP contribution in [0.1, 0.15) is 19.4 Å². The topological polar surface area (TPSA) is 93.0 Å². The van der Waals surface area contributed by atoms with Gasteiger partial charge in [-0.15, -0.1) is 0 Å². The lowest BCUT2D eigenvalue weighted by Crippen LogP contribution is -2.42. The van der Waals surface area contributed by atoms with Gasteiger partial charge in [-0.05, 0) is 19.9 Å². The largest absolute Gasteiger partial charge is 0.504 e. The molecule has 19 heavy (non-hydrogen) atoms. The van der Waals surface area contributed by atoms with Gasteiger partial charge in [0.1, 0.15) is 0 Å². The van der Waals surface area contributed by atoms with Crippen LogP contribution in [0.25, 0.3) is 0 Å². The van der Waals surface area contributed by atoms with Gasteiger partial charge in [0.25, 0.3) is 0 Å². The van der Waals surface area contributed by atoms with E-state index >= 15 is 0 Å². The van der Waals surface area contributed by atoms with Crippen LogP contribution in [0.3, 0.4) is 0 Å². The highest BCUT2D eigenvalue weighted by molar-refractivity contribution is 5.81. The summed E-state index contributed by atoms with van der Waals surface area (Å²) in [6, 6.07) is 2.37. The summed E-state index contributed by atoms with van der Waals surface area (Å²) in [7, 11) is 1.71. The Bertz CT molecular complexity index is 462. The molecule has 106 valence electrons. The fourth-order valence-electron chi connectivity index (χ4n) is 1.59. The summed E-state index contributed by atoms with van der Waals surface area (Å²) < 4.78 is 0. The number of amides is 1. The molecule has 0 saturated heterocycles. The first-order valence-electron chi connectivity index (χ1n) is 6.09. The Morgan fingerprint density at radius 3 is 2.53 bits per heavy atom.